The van der Waals surface area contributed by atoms with Crippen molar-refractivity contribution in [2.75, 3.05) is 0 Å². The molecular weight excluding hydrogens is 251 g/mol. The maximum absolute atomic E-state index is 13.9. The second-order valence-electron chi connectivity index (χ2n) is 3.84. The van der Waals surface area contributed by atoms with Gasteiger partial charge in [0.15, 0.2) is 0 Å². The van der Waals surface area contributed by atoms with Crippen LogP contribution in [0.4, 0.5) is 4.39 Å². The van der Waals surface area contributed by atoms with Gasteiger partial charge < -0.3 is 0 Å². The summed E-state index contributed by atoms with van der Waals surface area (Å²) in [7, 11) is 0. The molecule has 0 N–H and O–H groups in total. The van der Waals surface area contributed by atoms with Gasteiger partial charge in [0.25, 0.3) is 0 Å². The monoisotopic (exact) mass is 258 g/mol. The van der Waals surface area contributed by atoms with Gasteiger partial charge in [0.2, 0.25) is 5.28 Å². The first-order chi connectivity index (χ1) is 8.75. The van der Waals surface area contributed by atoms with Crippen LogP contribution in [0.3, 0.4) is 0 Å². The molecular formula is C14H8ClFN2. The van der Waals surface area contributed by atoms with Gasteiger partial charge in [0.05, 0.1) is 16.6 Å². The topological polar surface area (TPSA) is 25.8 Å². The zero-order chi connectivity index (χ0) is 12.5. The number of fused-ring (bicyclic) bond motifs is 1. The van der Waals surface area contributed by atoms with E-state index in [1.165, 1.54) is 6.07 Å². The Balaban J connectivity index is 2.41. The highest BCUT2D eigenvalue weighted by atomic mass is 35.5. The van der Waals surface area contributed by atoms with Crippen molar-refractivity contribution >= 4 is 22.5 Å². The van der Waals surface area contributed by atoms with Crippen molar-refractivity contribution in [3.05, 3.63) is 59.6 Å². The molecule has 0 aliphatic rings. The third kappa shape index (κ3) is 1.83. The Bertz CT molecular complexity index is 714. The van der Waals surface area contributed by atoms with E-state index in [0.29, 0.717) is 16.6 Å². The third-order valence-electron chi connectivity index (χ3n) is 2.69. The largest absolute Gasteiger partial charge is 0.223 e. The Morgan fingerprint density at radius 2 is 1.67 bits per heavy atom. The number of benzene rings is 2. The summed E-state index contributed by atoms with van der Waals surface area (Å²) >= 11 is 5.88. The lowest BCUT2D eigenvalue weighted by atomic mass is 10.1. The summed E-state index contributed by atoms with van der Waals surface area (Å²) in [5, 5.41) is 0.514. The lowest BCUT2D eigenvalue weighted by Crippen LogP contribution is -1.93. The SMILES string of the molecule is Fc1cccc2nc(Cl)nc(-c3ccccc3)c12. The number of hydrogen-bond acceptors (Lipinski definition) is 2. The van der Waals surface area contributed by atoms with Crippen LogP contribution in [-0.4, -0.2) is 9.97 Å². The summed E-state index contributed by atoms with van der Waals surface area (Å²) in [4.78, 5) is 8.18. The molecule has 88 valence electrons. The van der Waals surface area contributed by atoms with Crippen molar-refractivity contribution in [3.63, 3.8) is 0 Å². The second kappa shape index (κ2) is 4.35. The highest BCUT2D eigenvalue weighted by molar-refractivity contribution is 6.28. The van der Waals surface area contributed by atoms with E-state index in [9.17, 15) is 4.39 Å². The summed E-state index contributed by atoms with van der Waals surface area (Å²) < 4.78 is 13.9. The van der Waals surface area contributed by atoms with Crippen LogP contribution >= 0.6 is 11.6 Å². The smallest absolute Gasteiger partial charge is 0.218 e. The fourth-order valence-electron chi connectivity index (χ4n) is 1.92. The first-order valence-electron chi connectivity index (χ1n) is 5.43. The Hall–Kier alpha value is -2.00. The number of nitrogens with zero attached hydrogens (tertiary/aromatic N) is 2. The van der Waals surface area contributed by atoms with Gasteiger partial charge in [-0.15, -0.1) is 0 Å². The summed E-state index contributed by atoms with van der Waals surface area (Å²) in [6.07, 6.45) is 0. The molecule has 18 heavy (non-hydrogen) atoms. The molecule has 1 heterocycles. The van der Waals surface area contributed by atoms with Gasteiger partial charge in [0.1, 0.15) is 5.82 Å². The van der Waals surface area contributed by atoms with Crippen molar-refractivity contribution in [1.82, 2.24) is 9.97 Å². The van der Waals surface area contributed by atoms with Gasteiger partial charge in [-0.25, -0.2) is 14.4 Å². The summed E-state index contributed by atoms with van der Waals surface area (Å²) in [5.74, 6) is -0.344. The van der Waals surface area contributed by atoms with Gasteiger partial charge in [0, 0.05) is 5.56 Å². The van der Waals surface area contributed by atoms with Gasteiger partial charge in [-0.05, 0) is 23.7 Å². The zero-order valence-corrected chi connectivity index (χ0v) is 10.0. The van der Waals surface area contributed by atoms with Crippen LogP contribution in [0.1, 0.15) is 0 Å². The van der Waals surface area contributed by atoms with E-state index in [4.69, 9.17) is 11.6 Å². The lowest BCUT2D eigenvalue weighted by Gasteiger charge is -2.06. The van der Waals surface area contributed by atoms with E-state index in [-0.39, 0.29) is 11.1 Å². The van der Waals surface area contributed by atoms with Crippen LogP contribution in [0, 0.1) is 5.82 Å². The van der Waals surface area contributed by atoms with Crippen LogP contribution in [0.2, 0.25) is 5.28 Å². The summed E-state index contributed by atoms with van der Waals surface area (Å²) in [5.41, 5.74) is 1.84. The molecule has 0 amide bonds. The number of aromatic nitrogens is 2. The predicted molar refractivity (Wildman–Crippen MR) is 69.9 cm³/mol. The van der Waals surface area contributed by atoms with E-state index >= 15 is 0 Å². The molecule has 0 spiro atoms. The van der Waals surface area contributed by atoms with Crippen LogP contribution in [0.5, 0.6) is 0 Å². The summed E-state index contributed by atoms with van der Waals surface area (Å²) in [6.45, 7) is 0. The minimum absolute atomic E-state index is 0.118. The van der Waals surface area contributed by atoms with E-state index in [0.717, 1.165) is 5.56 Å². The normalized spacial score (nSPS) is 10.8. The number of halogens is 2. The molecule has 0 bridgehead atoms. The first-order valence-corrected chi connectivity index (χ1v) is 5.81. The molecule has 0 saturated carbocycles. The van der Waals surface area contributed by atoms with Crippen molar-refractivity contribution < 1.29 is 4.39 Å². The van der Waals surface area contributed by atoms with Crippen LogP contribution in [0.25, 0.3) is 22.2 Å². The molecule has 1 aromatic heterocycles. The van der Waals surface area contributed by atoms with E-state index in [2.05, 4.69) is 9.97 Å². The number of hydrogen-bond donors (Lipinski definition) is 0. The maximum atomic E-state index is 13.9. The van der Waals surface area contributed by atoms with Gasteiger partial charge in [-0.1, -0.05) is 36.4 Å². The molecule has 2 aromatic carbocycles. The lowest BCUT2D eigenvalue weighted by molar-refractivity contribution is 0.639. The second-order valence-corrected chi connectivity index (χ2v) is 4.18. The molecule has 3 aromatic rings. The molecule has 0 aliphatic carbocycles. The average Bonchev–Trinajstić information content (AvgIpc) is 2.39. The van der Waals surface area contributed by atoms with Crippen LogP contribution in [-0.2, 0) is 0 Å². The van der Waals surface area contributed by atoms with Crippen LogP contribution < -0.4 is 0 Å². The number of rotatable bonds is 1. The third-order valence-corrected chi connectivity index (χ3v) is 2.86. The average molecular weight is 259 g/mol. The zero-order valence-electron chi connectivity index (χ0n) is 9.27. The standard InChI is InChI=1S/C14H8ClFN2/c15-14-17-11-8-4-7-10(16)12(11)13(18-14)9-5-2-1-3-6-9/h1-8H. The van der Waals surface area contributed by atoms with Crippen molar-refractivity contribution in [3.8, 4) is 11.3 Å². The Morgan fingerprint density at radius 3 is 2.44 bits per heavy atom. The van der Waals surface area contributed by atoms with Gasteiger partial charge in [-0.3, -0.25) is 0 Å². The fourth-order valence-corrected chi connectivity index (χ4v) is 2.09. The van der Waals surface area contributed by atoms with Crippen molar-refractivity contribution in [2.24, 2.45) is 0 Å². The van der Waals surface area contributed by atoms with Gasteiger partial charge >= 0.3 is 0 Å². The minimum Gasteiger partial charge on any atom is -0.218 e. The molecule has 0 aliphatic heterocycles. The molecule has 0 unspecified atom stereocenters. The van der Waals surface area contributed by atoms with E-state index < -0.39 is 0 Å². The van der Waals surface area contributed by atoms with Crippen molar-refractivity contribution in [2.45, 2.75) is 0 Å². The molecule has 0 fully saturated rings. The van der Waals surface area contributed by atoms with Crippen LogP contribution in [0.15, 0.2) is 48.5 Å². The molecule has 4 heteroatoms. The van der Waals surface area contributed by atoms with E-state index in [1.54, 1.807) is 12.1 Å². The Morgan fingerprint density at radius 1 is 0.889 bits per heavy atom. The molecule has 3 rings (SSSR count). The molecule has 2 nitrogen and oxygen atoms in total. The van der Waals surface area contributed by atoms with E-state index in [1.807, 2.05) is 30.3 Å². The first kappa shape index (κ1) is 11.1. The maximum Gasteiger partial charge on any atom is 0.223 e. The predicted octanol–water partition coefficient (Wildman–Crippen LogP) is 4.09. The highest BCUT2D eigenvalue weighted by Gasteiger charge is 2.12. The summed E-state index contributed by atoms with van der Waals surface area (Å²) in [6, 6.07) is 14.1. The molecule has 0 radical (unpaired) electrons. The van der Waals surface area contributed by atoms with Crippen molar-refractivity contribution in [1.29, 1.82) is 0 Å². The quantitative estimate of drug-likeness (QED) is 0.615. The fraction of sp³-hybridized carbons (Fsp3) is 0. The molecule has 0 saturated heterocycles. The minimum atomic E-state index is -0.344. The van der Waals surface area contributed by atoms with Gasteiger partial charge in [-0.2, -0.15) is 0 Å². The Kier molecular flexibility index (Phi) is 2.68. The highest BCUT2D eigenvalue weighted by Crippen LogP contribution is 2.28. The molecule has 0 atom stereocenters. The Labute approximate surface area is 108 Å².